The zero-order chi connectivity index (χ0) is 16.4. The molecule has 1 saturated heterocycles. The van der Waals surface area contributed by atoms with Gasteiger partial charge in [0.15, 0.2) is 15.7 Å². The molecule has 1 N–H and O–H groups in total. The van der Waals surface area contributed by atoms with Gasteiger partial charge >= 0.3 is 0 Å². The molecule has 0 amide bonds. The monoisotopic (exact) mass is 336 g/mol. The maximum absolute atomic E-state index is 12.3. The van der Waals surface area contributed by atoms with Crippen LogP contribution in [-0.4, -0.2) is 49.0 Å². The summed E-state index contributed by atoms with van der Waals surface area (Å²) in [6, 6.07) is 7.11. The topological polar surface area (TPSA) is 88.2 Å². The minimum absolute atomic E-state index is 0.0812. The first-order valence-electron chi connectivity index (χ1n) is 7.58. The highest BCUT2D eigenvalue weighted by Crippen LogP contribution is 2.30. The fourth-order valence-corrected chi connectivity index (χ4v) is 3.78. The maximum Gasteiger partial charge on any atom is 0.181 e. The van der Waals surface area contributed by atoms with E-state index in [0.717, 1.165) is 11.5 Å². The number of hydrogen-bond donors (Lipinski definition) is 1. The van der Waals surface area contributed by atoms with E-state index in [4.69, 9.17) is 4.74 Å². The summed E-state index contributed by atoms with van der Waals surface area (Å²) in [4.78, 5) is 6.71. The molecular weight excluding hydrogens is 316 g/mol. The Morgan fingerprint density at radius 3 is 2.87 bits per heavy atom. The summed E-state index contributed by atoms with van der Waals surface area (Å²) in [6.45, 7) is 5.15. The Labute approximate surface area is 135 Å². The smallest absolute Gasteiger partial charge is 0.181 e. The van der Waals surface area contributed by atoms with E-state index in [9.17, 15) is 8.42 Å². The number of H-pyrrole nitrogens is 1. The molecular formula is C15H20N4O3S. The fraction of sp³-hybridized carbons (Fsp3) is 0.467. The fourth-order valence-electron chi connectivity index (χ4n) is 2.67. The number of nitrogens with one attached hydrogen (secondary N) is 1. The van der Waals surface area contributed by atoms with Gasteiger partial charge < -0.3 is 9.64 Å². The van der Waals surface area contributed by atoms with E-state index in [-0.39, 0.29) is 11.9 Å². The molecule has 2 aromatic rings. The van der Waals surface area contributed by atoms with Crippen LogP contribution >= 0.6 is 0 Å². The number of ether oxygens (including phenoxy) is 1. The largest absolute Gasteiger partial charge is 0.366 e. The van der Waals surface area contributed by atoms with Gasteiger partial charge in [0.25, 0.3) is 0 Å². The molecule has 1 aromatic carbocycles. The van der Waals surface area contributed by atoms with Crippen molar-refractivity contribution < 1.29 is 13.2 Å². The van der Waals surface area contributed by atoms with E-state index < -0.39 is 9.84 Å². The van der Waals surface area contributed by atoms with E-state index in [1.807, 2.05) is 24.0 Å². The van der Waals surface area contributed by atoms with E-state index in [0.29, 0.717) is 30.4 Å². The Balaban J connectivity index is 1.90. The van der Waals surface area contributed by atoms with Gasteiger partial charge in [-0.25, -0.2) is 13.4 Å². The Bertz CT molecular complexity index is 788. The lowest BCUT2D eigenvalue weighted by Gasteiger charge is -2.34. The number of aromatic nitrogens is 3. The lowest BCUT2D eigenvalue weighted by atomic mass is 10.2. The van der Waals surface area contributed by atoms with Crippen LogP contribution in [0.1, 0.15) is 24.7 Å². The average Bonchev–Trinajstić information content (AvgIpc) is 3.01. The number of anilines is 1. The number of hydrogen-bond acceptors (Lipinski definition) is 6. The number of sulfone groups is 1. The van der Waals surface area contributed by atoms with Gasteiger partial charge in [-0.3, -0.25) is 5.10 Å². The van der Waals surface area contributed by atoms with E-state index in [2.05, 4.69) is 15.2 Å². The number of aryl methyl sites for hydroxylation is 1. The quantitative estimate of drug-likeness (QED) is 0.910. The first-order chi connectivity index (χ1) is 11.0. The summed E-state index contributed by atoms with van der Waals surface area (Å²) in [7, 11) is -3.28. The summed E-state index contributed by atoms with van der Waals surface area (Å²) in [5.74, 6) is 1.41. The summed E-state index contributed by atoms with van der Waals surface area (Å²) >= 11 is 0. The maximum atomic E-state index is 12.3. The van der Waals surface area contributed by atoms with Crippen LogP contribution in [0.4, 0.5) is 5.69 Å². The molecule has 2 heterocycles. The molecule has 0 bridgehead atoms. The molecule has 3 rings (SSSR count). The summed E-state index contributed by atoms with van der Waals surface area (Å²) < 4.78 is 30.4. The van der Waals surface area contributed by atoms with Crippen molar-refractivity contribution in [3.05, 3.63) is 35.9 Å². The highest BCUT2D eigenvalue weighted by Gasteiger charge is 2.28. The van der Waals surface area contributed by atoms with Gasteiger partial charge in [-0.2, -0.15) is 5.10 Å². The third-order valence-electron chi connectivity index (χ3n) is 3.89. The molecule has 1 unspecified atom stereocenters. The van der Waals surface area contributed by atoms with Crippen LogP contribution in [0.3, 0.4) is 0 Å². The van der Waals surface area contributed by atoms with Crippen molar-refractivity contribution in [3.63, 3.8) is 0 Å². The van der Waals surface area contributed by atoms with Crippen molar-refractivity contribution in [2.75, 3.05) is 30.3 Å². The van der Waals surface area contributed by atoms with Crippen LogP contribution in [0.2, 0.25) is 0 Å². The first kappa shape index (κ1) is 15.9. The lowest BCUT2D eigenvalue weighted by Crippen LogP contribution is -2.39. The molecule has 23 heavy (non-hydrogen) atoms. The Morgan fingerprint density at radius 1 is 1.39 bits per heavy atom. The second-order valence-corrected chi connectivity index (χ2v) is 7.70. The second kappa shape index (κ2) is 6.29. The minimum Gasteiger partial charge on any atom is -0.366 e. The number of rotatable bonds is 4. The zero-order valence-electron chi connectivity index (χ0n) is 13.2. The van der Waals surface area contributed by atoms with E-state index in [1.54, 1.807) is 19.1 Å². The molecule has 7 nitrogen and oxygen atoms in total. The first-order valence-corrected chi connectivity index (χ1v) is 9.23. The predicted molar refractivity (Wildman–Crippen MR) is 86.2 cm³/mol. The van der Waals surface area contributed by atoms with Crippen LogP contribution in [-0.2, 0) is 14.6 Å². The van der Waals surface area contributed by atoms with Crippen molar-refractivity contribution in [2.24, 2.45) is 0 Å². The molecule has 124 valence electrons. The highest BCUT2D eigenvalue weighted by molar-refractivity contribution is 7.91. The average molecular weight is 336 g/mol. The molecule has 1 atom stereocenters. The molecule has 0 spiro atoms. The molecule has 0 aliphatic carbocycles. The van der Waals surface area contributed by atoms with Gasteiger partial charge in [0, 0.05) is 6.54 Å². The van der Waals surface area contributed by atoms with Gasteiger partial charge in [-0.1, -0.05) is 19.1 Å². The molecule has 1 aromatic heterocycles. The molecule has 1 aliphatic heterocycles. The van der Waals surface area contributed by atoms with Crippen molar-refractivity contribution in [1.82, 2.24) is 15.2 Å². The predicted octanol–water partition coefficient (Wildman–Crippen LogP) is 1.48. The van der Waals surface area contributed by atoms with Crippen LogP contribution in [0, 0.1) is 6.92 Å². The van der Waals surface area contributed by atoms with E-state index >= 15 is 0 Å². The second-order valence-electron chi connectivity index (χ2n) is 5.46. The molecule has 0 saturated carbocycles. The normalized spacial score (nSPS) is 19.0. The van der Waals surface area contributed by atoms with Crippen LogP contribution in [0.15, 0.2) is 29.2 Å². The zero-order valence-corrected chi connectivity index (χ0v) is 14.0. The van der Waals surface area contributed by atoms with Crippen molar-refractivity contribution in [1.29, 1.82) is 0 Å². The van der Waals surface area contributed by atoms with Crippen LogP contribution in [0.25, 0.3) is 0 Å². The number of para-hydroxylation sites is 1. The highest BCUT2D eigenvalue weighted by atomic mass is 32.2. The van der Waals surface area contributed by atoms with Gasteiger partial charge in [0.05, 0.1) is 29.5 Å². The van der Waals surface area contributed by atoms with Crippen LogP contribution < -0.4 is 4.90 Å². The SMILES string of the molecule is CCS(=O)(=O)c1ccccc1N1CCOC(c2n[nH]c(C)n2)C1. The number of nitrogens with zero attached hydrogens (tertiary/aromatic N) is 3. The van der Waals surface area contributed by atoms with Gasteiger partial charge in [0.1, 0.15) is 11.9 Å². The van der Waals surface area contributed by atoms with Crippen molar-refractivity contribution >= 4 is 15.5 Å². The number of benzene rings is 1. The van der Waals surface area contributed by atoms with Crippen molar-refractivity contribution in [3.8, 4) is 0 Å². The van der Waals surface area contributed by atoms with Crippen LogP contribution in [0.5, 0.6) is 0 Å². The third kappa shape index (κ3) is 3.23. The molecule has 1 fully saturated rings. The molecule has 0 radical (unpaired) electrons. The Morgan fingerprint density at radius 2 is 2.17 bits per heavy atom. The minimum atomic E-state index is -3.28. The Hall–Kier alpha value is -1.93. The summed E-state index contributed by atoms with van der Waals surface area (Å²) in [5.41, 5.74) is 0.718. The molecule has 8 heteroatoms. The van der Waals surface area contributed by atoms with Gasteiger partial charge in [-0.05, 0) is 19.1 Å². The van der Waals surface area contributed by atoms with Crippen molar-refractivity contribution in [2.45, 2.75) is 24.8 Å². The number of aromatic amines is 1. The number of morpholine rings is 1. The lowest BCUT2D eigenvalue weighted by molar-refractivity contribution is 0.0341. The standard InChI is InChI=1S/C15H20N4O3S/c1-3-23(20,21)14-7-5-4-6-12(14)19-8-9-22-13(10-19)15-16-11(2)17-18-15/h4-7,13H,3,8-10H2,1-2H3,(H,16,17,18). The van der Waals surface area contributed by atoms with Gasteiger partial charge in [0.2, 0.25) is 0 Å². The van der Waals surface area contributed by atoms with Gasteiger partial charge in [-0.15, -0.1) is 0 Å². The van der Waals surface area contributed by atoms with E-state index in [1.165, 1.54) is 0 Å². The summed E-state index contributed by atoms with van der Waals surface area (Å²) in [5, 5.41) is 6.96. The molecule has 1 aliphatic rings. The summed E-state index contributed by atoms with van der Waals surface area (Å²) in [6.07, 6.45) is -0.272. The third-order valence-corrected chi connectivity index (χ3v) is 5.67. The Kier molecular flexibility index (Phi) is 4.36.